The zero-order chi connectivity index (χ0) is 12.4. The molecule has 1 unspecified atom stereocenters. The molecule has 2 aromatic rings. The summed E-state index contributed by atoms with van der Waals surface area (Å²) >= 11 is 16.4. The van der Waals surface area contributed by atoms with Crippen LogP contribution < -0.4 is 5.32 Å². The van der Waals surface area contributed by atoms with Crippen molar-refractivity contribution in [2.24, 2.45) is 0 Å². The highest BCUT2D eigenvalue weighted by Gasteiger charge is 2.18. The molecule has 0 radical (unpaired) electrons. The fourth-order valence-electron chi connectivity index (χ4n) is 1.53. The van der Waals surface area contributed by atoms with E-state index in [-0.39, 0.29) is 6.04 Å². The molecule has 2 heterocycles. The van der Waals surface area contributed by atoms with Crippen molar-refractivity contribution in [1.29, 1.82) is 0 Å². The second-order valence-corrected chi connectivity index (χ2v) is 8.44. The van der Waals surface area contributed by atoms with Crippen molar-refractivity contribution < 1.29 is 0 Å². The molecular weight excluding hydrogens is 406 g/mol. The summed E-state index contributed by atoms with van der Waals surface area (Å²) in [6.07, 6.45) is 0. The molecule has 0 spiro atoms. The van der Waals surface area contributed by atoms with Crippen LogP contribution in [0.3, 0.4) is 0 Å². The van der Waals surface area contributed by atoms with Gasteiger partial charge in [0.05, 0.1) is 9.83 Å². The molecule has 6 heteroatoms. The van der Waals surface area contributed by atoms with E-state index in [9.17, 15) is 0 Å². The van der Waals surface area contributed by atoms with E-state index < -0.39 is 0 Å². The van der Waals surface area contributed by atoms with Gasteiger partial charge in [-0.2, -0.15) is 0 Å². The Hall–Kier alpha value is 0.610. The van der Waals surface area contributed by atoms with Gasteiger partial charge in [-0.1, -0.05) is 18.5 Å². The summed E-state index contributed by atoms with van der Waals surface area (Å²) in [7, 11) is 0. The minimum atomic E-state index is 0.227. The third-order valence-corrected chi connectivity index (χ3v) is 6.46. The maximum atomic E-state index is 6.10. The predicted octanol–water partition coefficient (Wildman–Crippen LogP) is 5.69. The predicted molar refractivity (Wildman–Crippen MR) is 84.6 cm³/mol. The average Bonchev–Trinajstić information content (AvgIpc) is 2.83. The van der Waals surface area contributed by atoms with Crippen molar-refractivity contribution in [3.63, 3.8) is 0 Å². The molecule has 0 bridgehead atoms. The molecule has 0 aliphatic carbocycles. The Kier molecular flexibility index (Phi) is 5.09. The van der Waals surface area contributed by atoms with Crippen LogP contribution in [0, 0.1) is 0 Å². The first-order valence-corrected chi connectivity index (χ1v) is 8.65. The number of hydrogen-bond donors (Lipinski definition) is 1. The van der Waals surface area contributed by atoms with Crippen LogP contribution >= 0.6 is 66.1 Å². The Balaban J connectivity index is 2.34. The largest absolute Gasteiger partial charge is 0.305 e. The molecule has 92 valence electrons. The van der Waals surface area contributed by atoms with E-state index in [4.69, 9.17) is 11.6 Å². The van der Waals surface area contributed by atoms with Crippen LogP contribution in [-0.2, 0) is 0 Å². The number of halogens is 3. The van der Waals surface area contributed by atoms with Crippen LogP contribution in [0.15, 0.2) is 26.5 Å². The summed E-state index contributed by atoms with van der Waals surface area (Å²) in [6.45, 7) is 3.03. The van der Waals surface area contributed by atoms with Crippen molar-refractivity contribution >= 4 is 66.1 Å². The molecule has 0 saturated carbocycles. The zero-order valence-electron chi connectivity index (χ0n) is 8.97. The van der Waals surface area contributed by atoms with Crippen LogP contribution in [0.1, 0.15) is 22.7 Å². The number of thiophene rings is 2. The van der Waals surface area contributed by atoms with Crippen molar-refractivity contribution in [3.8, 4) is 0 Å². The maximum absolute atomic E-state index is 6.10. The van der Waals surface area contributed by atoms with Crippen molar-refractivity contribution in [2.75, 3.05) is 6.54 Å². The molecular formula is C11H10Br2ClNS2. The van der Waals surface area contributed by atoms with E-state index >= 15 is 0 Å². The monoisotopic (exact) mass is 413 g/mol. The lowest BCUT2D eigenvalue weighted by atomic mass is 10.2. The number of nitrogens with one attached hydrogen (secondary N) is 1. The summed E-state index contributed by atoms with van der Waals surface area (Å²) in [6, 6.07) is 6.54. The molecule has 0 amide bonds. The molecule has 1 atom stereocenters. The molecule has 1 N–H and O–H groups in total. The van der Waals surface area contributed by atoms with E-state index in [1.165, 1.54) is 9.75 Å². The Morgan fingerprint density at radius 1 is 1.29 bits per heavy atom. The van der Waals surface area contributed by atoms with E-state index in [0.29, 0.717) is 0 Å². The molecule has 0 fully saturated rings. The molecule has 0 aliphatic rings. The zero-order valence-corrected chi connectivity index (χ0v) is 14.5. The van der Waals surface area contributed by atoms with E-state index in [0.717, 1.165) is 19.1 Å². The molecule has 2 rings (SSSR count). The topological polar surface area (TPSA) is 12.0 Å². The van der Waals surface area contributed by atoms with Gasteiger partial charge in [0.15, 0.2) is 0 Å². The Bertz CT molecular complexity index is 490. The highest BCUT2D eigenvalue weighted by molar-refractivity contribution is 9.11. The number of hydrogen-bond acceptors (Lipinski definition) is 3. The summed E-state index contributed by atoms with van der Waals surface area (Å²) in [5, 5.41) is 3.49. The SMILES string of the molecule is CCNC(c1ccc(Br)s1)c1cc(Br)c(Cl)s1. The van der Waals surface area contributed by atoms with Gasteiger partial charge >= 0.3 is 0 Å². The van der Waals surface area contributed by atoms with Crippen LogP contribution in [0.2, 0.25) is 4.34 Å². The quantitative estimate of drug-likeness (QED) is 0.677. The van der Waals surface area contributed by atoms with Gasteiger partial charge in [-0.15, -0.1) is 22.7 Å². The van der Waals surface area contributed by atoms with Crippen LogP contribution in [-0.4, -0.2) is 6.54 Å². The summed E-state index contributed by atoms with van der Waals surface area (Å²) in [5.74, 6) is 0. The standard InChI is InChI=1S/C11H10Br2ClNS2/c1-2-15-10(7-3-4-9(13)16-7)8-5-6(12)11(14)17-8/h3-5,10,15H,2H2,1H3. The maximum Gasteiger partial charge on any atom is 0.107 e. The summed E-state index contributed by atoms with van der Waals surface area (Å²) < 4.78 is 2.92. The van der Waals surface area contributed by atoms with Gasteiger partial charge in [-0.3, -0.25) is 0 Å². The molecule has 0 aromatic carbocycles. The smallest absolute Gasteiger partial charge is 0.107 e. The van der Waals surface area contributed by atoms with Gasteiger partial charge in [0.25, 0.3) is 0 Å². The molecule has 1 nitrogen and oxygen atoms in total. The fourth-order valence-corrected chi connectivity index (χ4v) is 4.96. The van der Waals surface area contributed by atoms with Gasteiger partial charge in [0.2, 0.25) is 0 Å². The first-order valence-electron chi connectivity index (χ1n) is 5.05. The fraction of sp³-hybridized carbons (Fsp3) is 0.273. The van der Waals surface area contributed by atoms with Gasteiger partial charge in [0.1, 0.15) is 4.34 Å². The molecule has 2 aromatic heterocycles. The van der Waals surface area contributed by atoms with Crippen LogP contribution in [0.25, 0.3) is 0 Å². The van der Waals surface area contributed by atoms with Crippen molar-refractivity contribution in [1.82, 2.24) is 5.32 Å². The van der Waals surface area contributed by atoms with Gasteiger partial charge < -0.3 is 5.32 Å². The lowest BCUT2D eigenvalue weighted by Crippen LogP contribution is -2.19. The first-order chi connectivity index (χ1) is 8.11. The molecule has 17 heavy (non-hydrogen) atoms. The second kappa shape index (κ2) is 6.17. The average molecular weight is 416 g/mol. The Labute approximate surface area is 130 Å². The van der Waals surface area contributed by atoms with Gasteiger partial charge in [-0.25, -0.2) is 0 Å². The molecule has 0 saturated heterocycles. The minimum Gasteiger partial charge on any atom is -0.305 e. The normalized spacial score (nSPS) is 12.9. The first kappa shape index (κ1) is 14.0. The van der Waals surface area contributed by atoms with Crippen molar-refractivity contribution in [2.45, 2.75) is 13.0 Å². The lowest BCUT2D eigenvalue weighted by Gasteiger charge is -2.14. The third-order valence-electron chi connectivity index (χ3n) is 2.24. The Morgan fingerprint density at radius 3 is 2.53 bits per heavy atom. The minimum absolute atomic E-state index is 0.227. The Morgan fingerprint density at radius 2 is 2.06 bits per heavy atom. The van der Waals surface area contributed by atoms with Gasteiger partial charge in [-0.05, 0) is 56.6 Å². The number of rotatable bonds is 4. The van der Waals surface area contributed by atoms with Crippen LogP contribution in [0.5, 0.6) is 0 Å². The highest BCUT2D eigenvalue weighted by atomic mass is 79.9. The second-order valence-electron chi connectivity index (χ2n) is 3.40. The summed E-state index contributed by atoms with van der Waals surface area (Å²) in [5.41, 5.74) is 0. The third kappa shape index (κ3) is 3.33. The lowest BCUT2D eigenvalue weighted by molar-refractivity contribution is 0.648. The van der Waals surface area contributed by atoms with Gasteiger partial charge in [0, 0.05) is 14.2 Å². The van der Waals surface area contributed by atoms with E-state index in [1.54, 1.807) is 22.7 Å². The molecule has 0 aliphatic heterocycles. The van der Waals surface area contributed by atoms with Crippen molar-refractivity contribution in [3.05, 3.63) is 40.5 Å². The van der Waals surface area contributed by atoms with E-state index in [1.807, 2.05) is 0 Å². The summed E-state index contributed by atoms with van der Waals surface area (Å²) in [4.78, 5) is 2.53. The highest BCUT2D eigenvalue weighted by Crippen LogP contribution is 2.39. The van der Waals surface area contributed by atoms with E-state index in [2.05, 4.69) is 62.3 Å². The van der Waals surface area contributed by atoms with Crippen LogP contribution in [0.4, 0.5) is 0 Å².